The van der Waals surface area contributed by atoms with Gasteiger partial charge in [0, 0.05) is 19.3 Å². The molecule has 4 nitrogen and oxygen atoms in total. The Kier molecular flexibility index (Phi) is 5.70. The Morgan fingerprint density at radius 3 is 2.43 bits per heavy atom. The first-order valence-corrected chi connectivity index (χ1v) is 7.31. The highest BCUT2D eigenvalue weighted by molar-refractivity contribution is 5.80. The third-order valence-electron chi connectivity index (χ3n) is 3.53. The van der Waals surface area contributed by atoms with E-state index in [1.54, 1.807) is 48.3 Å². The van der Waals surface area contributed by atoms with Crippen LogP contribution in [-0.2, 0) is 11.2 Å². The van der Waals surface area contributed by atoms with Crippen LogP contribution in [0.5, 0.6) is 0 Å². The number of rotatable bonds is 6. The van der Waals surface area contributed by atoms with Crippen molar-refractivity contribution >= 4 is 11.6 Å². The molecule has 0 fully saturated rings. The van der Waals surface area contributed by atoms with E-state index in [-0.39, 0.29) is 18.3 Å². The highest BCUT2D eigenvalue weighted by Gasteiger charge is 2.08. The van der Waals surface area contributed by atoms with E-state index in [4.69, 9.17) is 5.26 Å². The smallest absolute Gasteiger partial charge is 0.241 e. The van der Waals surface area contributed by atoms with Gasteiger partial charge in [0.05, 0.1) is 18.2 Å². The Balaban J connectivity index is 1.78. The summed E-state index contributed by atoms with van der Waals surface area (Å²) in [6.45, 7) is 0.755. The van der Waals surface area contributed by atoms with Crippen molar-refractivity contribution in [3.05, 3.63) is 65.5 Å². The molecular formula is C18H18FN3O. The third-order valence-corrected chi connectivity index (χ3v) is 3.53. The number of carbonyl (C=O) groups is 1. The Bertz CT molecular complexity index is 690. The van der Waals surface area contributed by atoms with Gasteiger partial charge in [0.25, 0.3) is 0 Å². The number of anilines is 1. The molecule has 0 spiro atoms. The predicted molar refractivity (Wildman–Crippen MR) is 87.4 cm³/mol. The lowest BCUT2D eigenvalue weighted by atomic mass is 10.1. The second-order valence-corrected chi connectivity index (χ2v) is 5.23. The molecule has 1 N–H and O–H groups in total. The van der Waals surface area contributed by atoms with Crippen LogP contribution < -0.4 is 5.32 Å². The zero-order valence-electron chi connectivity index (χ0n) is 12.9. The lowest BCUT2D eigenvalue weighted by molar-refractivity contribution is -0.127. The van der Waals surface area contributed by atoms with Gasteiger partial charge < -0.3 is 10.2 Å². The molecule has 0 radical (unpaired) electrons. The summed E-state index contributed by atoms with van der Waals surface area (Å²) in [7, 11) is 1.74. The molecular weight excluding hydrogens is 293 g/mol. The summed E-state index contributed by atoms with van der Waals surface area (Å²) in [4.78, 5) is 13.7. The molecule has 0 saturated heterocycles. The predicted octanol–water partition coefficient (Wildman–Crippen LogP) is 2.81. The van der Waals surface area contributed by atoms with Gasteiger partial charge in [0.1, 0.15) is 5.82 Å². The minimum absolute atomic E-state index is 0.0310. The van der Waals surface area contributed by atoms with Crippen molar-refractivity contribution in [2.45, 2.75) is 6.42 Å². The van der Waals surface area contributed by atoms with Crippen molar-refractivity contribution in [3.8, 4) is 6.07 Å². The minimum atomic E-state index is -0.259. The summed E-state index contributed by atoms with van der Waals surface area (Å²) in [5.41, 5.74) is 2.37. The van der Waals surface area contributed by atoms with Gasteiger partial charge in [-0.25, -0.2) is 4.39 Å². The van der Waals surface area contributed by atoms with Crippen molar-refractivity contribution < 1.29 is 9.18 Å². The average molecular weight is 311 g/mol. The number of nitrogens with zero attached hydrogens (tertiary/aromatic N) is 2. The van der Waals surface area contributed by atoms with Gasteiger partial charge in [0.2, 0.25) is 5.91 Å². The molecule has 0 heterocycles. The molecule has 0 aliphatic heterocycles. The molecule has 23 heavy (non-hydrogen) atoms. The van der Waals surface area contributed by atoms with E-state index in [1.165, 1.54) is 12.1 Å². The lowest BCUT2D eigenvalue weighted by Gasteiger charge is -2.18. The molecule has 118 valence electrons. The average Bonchev–Trinajstić information content (AvgIpc) is 2.59. The van der Waals surface area contributed by atoms with Crippen LogP contribution in [0.1, 0.15) is 11.1 Å². The standard InChI is InChI=1S/C18H18FN3O/c1-22(11-10-14-2-6-16(19)7-3-14)18(23)13-21-17-8-4-15(12-20)5-9-17/h2-9,21H,10-11,13H2,1H3. The molecule has 2 aromatic rings. The number of likely N-dealkylation sites (N-methyl/N-ethyl adjacent to an activating group) is 1. The molecule has 5 heteroatoms. The third kappa shape index (κ3) is 5.11. The fraction of sp³-hybridized carbons (Fsp3) is 0.222. The van der Waals surface area contributed by atoms with Gasteiger partial charge >= 0.3 is 0 Å². The van der Waals surface area contributed by atoms with Gasteiger partial charge in [-0.3, -0.25) is 4.79 Å². The van der Waals surface area contributed by atoms with E-state index in [2.05, 4.69) is 5.32 Å². The normalized spacial score (nSPS) is 9.96. The van der Waals surface area contributed by atoms with Crippen LogP contribution in [0.4, 0.5) is 10.1 Å². The first-order chi connectivity index (χ1) is 11.1. The molecule has 0 atom stereocenters. The number of nitriles is 1. The Morgan fingerprint density at radius 1 is 1.17 bits per heavy atom. The highest BCUT2D eigenvalue weighted by atomic mass is 19.1. The summed E-state index contributed by atoms with van der Waals surface area (Å²) >= 11 is 0. The van der Waals surface area contributed by atoms with Gasteiger partial charge in [-0.05, 0) is 48.4 Å². The van der Waals surface area contributed by atoms with Gasteiger partial charge in [-0.2, -0.15) is 5.26 Å². The zero-order chi connectivity index (χ0) is 16.7. The van der Waals surface area contributed by atoms with Crippen molar-refractivity contribution in [1.82, 2.24) is 4.90 Å². The molecule has 0 aliphatic carbocycles. The van der Waals surface area contributed by atoms with Gasteiger partial charge in [-0.1, -0.05) is 12.1 Å². The van der Waals surface area contributed by atoms with Crippen LogP contribution in [0.3, 0.4) is 0 Å². The first-order valence-electron chi connectivity index (χ1n) is 7.31. The fourth-order valence-electron chi connectivity index (χ4n) is 2.05. The summed E-state index contributed by atoms with van der Waals surface area (Å²) in [6.07, 6.45) is 0.680. The summed E-state index contributed by atoms with van der Waals surface area (Å²) in [6, 6.07) is 15.3. The van der Waals surface area contributed by atoms with Gasteiger partial charge in [0.15, 0.2) is 0 Å². The number of hydrogen-bond acceptors (Lipinski definition) is 3. The Morgan fingerprint density at radius 2 is 1.83 bits per heavy atom. The second-order valence-electron chi connectivity index (χ2n) is 5.23. The van der Waals surface area contributed by atoms with E-state index in [0.717, 1.165) is 11.3 Å². The fourth-order valence-corrected chi connectivity index (χ4v) is 2.05. The zero-order valence-corrected chi connectivity index (χ0v) is 12.9. The number of nitrogens with one attached hydrogen (secondary N) is 1. The number of halogens is 1. The summed E-state index contributed by atoms with van der Waals surface area (Å²) in [5, 5.41) is 11.8. The molecule has 2 rings (SSSR count). The molecule has 2 aromatic carbocycles. The maximum Gasteiger partial charge on any atom is 0.241 e. The maximum atomic E-state index is 12.8. The van der Waals surface area contributed by atoms with E-state index in [1.807, 2.05) is 6.07 Å². The lowest BCUT2D eigenvalue weighted by Crippen LogP contribution is -2.33. The van der Waals surface area contributed by atoms with E-state index >= 15 is 0 Å². The molecule has 0 aromatic heterocycles. The van der Waals surface area contributed by atoms with Crippen molar-refractivity contribution in [3.63, 3.8) is 0 Å². The maximum absolute atomic E-state index is 12.8. The van der Waals surface area contributed by atoms with Crippen LogP contribution >= 0.6 is 0 Å². The van der Waals surface area contributed by atoms with E-state index in [9.17, 15) is 9.18 Å². The molecule has 0 saturated carbocycles. The molecule has 1 amide bonds. The number of hydrogen-bond donors (Lipinski definition) is 1. The van der Waals surface area contributed by atoms with Crippen LogP contribution in [0.2, 0.25) is 0 Å². The minimum Gasteiger partial charge on any atom is -0.376 e. The quantitative estimate of drug-likeness (QED) is 0.892. The van der Waals surface area contributed by atoms with Crippen LogP contribution in [0.25, 0.3) is 0 Å². The molecule has 0 aliphatic rings. The highest BCUT2D eigenvalue weighted by Crippen LogP contribution is 2.08. The van der Waals surface area contributed by atoms with E-state index < -0.39 is 0 Å². The van der Waals surface area contributed by atoms with Gasteiger partial charge in [-0.15, -0.1) is 0 Å². The van der Waals surface area contributed by atoms with Crippen LogP contribution in [0, 0.1) is 17.1 Å². The SMILES string of the molecule is CN(CCc1ccc(F)cc1)C(=O)CNc1ccc(C#N)cc1. The van der Waals surface area contributed by atoms with E-state index in [0.29, 0.717) is 18.5 Å². The number of benzene rings is 2. The largest absolute Gasteiger partial charge is 0.376 e. The van der Waals surface area contributed by atoms with Crippen LogP contribution in [0.15, 0.2) is 48.5 Å². The topological polar surface area (TPSA) is 56.1 Å². The first kappa shape index (κ1) is 16.5. The van der Waals surface area contributed by atoms with Crippen molar-refractivity contribution in [2.24, 2.45) is 0 Å². The summed E-state index contributed by atoms with van der Waals surface area (Å²) < 4.78 is 12.8. The molecule has 0 unspecified atom stereocenters. The monoisotopic (exact) mass is 311 g/mol. The summed E-state index contributed by atoms with van der Waals surface area (Å²) in [5.74, 6) is -0.290. The molecule has 0 bridgehead atoms. The number of carbonyl (C=O) groups excluding carboxylic acids is 1. The van der Waals surface area contributed by atoms with Crippen LogP contribution in [-0.4, -0.2) is 30.9 Å². The Hall–Kier alpha value is -2.87. The van der Waals surface area contributed by atoms with Crippen molar-refractivity contribution in [1.29, 1.82) is 5.26 Å². The van der Waals surface area contributed by atoms with Crippen molar-refractivity contribution in [2.75, 3.05) is 25.5 Å². The Labute approximate surface area is 135 Å². The number of amides is 1. The second kappa shape index (κ2) is 7.95.